The van der Waals surface area contributed by atoms with Crippen molar-refractivity contribution in [2.75, 3.05) is 18.8 Å². The van der Waals surface area contributed by atoms with Crippen LogP contribution in [0.4, 0.5) is 0 Å². The molecule has 0 aliphatic heterocycles. The van der Waals surface area contributed by atoms with Crippen molar-refractivity contribution in [3.8, 4) is 0 Å². The van der Waals surface area contributed by atoms with Gasteiger partial charge < -0.3 is 10.2 Å². The summed E-state index contributed by atoms with van der Waals surface area (Å²) in [5, 5.41) is 2.65. The second-order valence-corrected chi connectivity index (χ2v) is 4.97. The fourth-order valence-electron chi connectivity index (χ4n) is 2.01. The van der Waals surface area contributed by atoms with Crippen LogP contribution in [0.25, 0.3) is 0 Å². The summed E-state index contributed by atoms with van der Waals surface area (Å²) in [5.41, 5.74) is 0. The van der Waals surface area contributed by atoms with Crippen molar-refractivity contribution in [2.45, 2.75) is 39.2 Å². The molecule has 2 amide bonds. The van der Waals surface area contributed by atoms with Crippen LogP contribution in [0, 0.1) is 5.92 Å². The summed E-state index contributed by atoms with van der Waals surface area (Å²) >= 11 is 4.13. The van der Waals surface area contributed by atoms with Gasteiger partial charge in [-0.15, -0.1) is 0 Å². The molecule has 1 aliphatic rings. The third-order valence-corrected chi connectivity index (χ3v) is 3.62. The summed E-state index contributed by atoms with van der Waals surface area (Å²) in [5.74, 6) is 0.804. The monoisotopic (exact) mass is 258 g/mol. The smallest absolute Gasteiger partial charge is 0.245 e. The van der Waals surface area contributed by atoms with E-state index >= 15 is 0 Å². The molecular formula is C12H22N2O2S. The first-order valence-corrected chi connectivity index (χ1v) is 6.88. The number of hydrogen-bond donors (Lipinski definition) is 2. The van der Waals surface area contributed by atoms with E-state index in [2.05, 4.69) is 17.9 Å². The van der Waals surface area contributed by atoms with Gasteiger partial charge in [-0.3, -0.25) is 9.59 Å². The first-order chi connectivity index (χ1) is 8.08. The Kier molecular flexibility index (Phi) is 5.82. The quantitative estimate of drug-likeness (QED) is 0.700. The fourth-order valence-corrected chi connectivity index (χ4v) is 2.26. The summed E-state index contributed by atoms with van der Waals surface area (Å²) in [6.45, 7) is 4.91. The summed E-state index contributed by atoms with van der Waals surface area (Å²) in [6, 6.07) is -0.490. The van der Waals surface area contributed by atoms with Crippen molar-refractivity contribution in [1.82, 2.24) is 10.2 Å². The topological polar surface area (TPSA) is 49.4 Å². The maximum atomic E-state index is 12.2. The first kappa shape index (κ1) is 14.4. The summed E-state index contributed by atoms with van der Waals surface area (Å²) in [4.78, 5) is 25.0. The maximum Gasteiger partial charge on any atom is 0.245 e. The third-order valence-electron chi connectivity index (χ3n) is 3.25. The van der Waals surface area contributed by atoms with Crippen LogP contribution in [0.1, 0.15) is 33.1 Å². The van der Waals surface area contributed by atoms with Gasteiger partial charge in [0.2, 0.25) is 11.8 Å². The Morgan fingerprint density at radius 1 is 1.47 bits per heavy atom. The zero-order valence-corrected chi connectivity index (χ0v) is 11.5. The average Bonchev–Trinajstić information content (AvgIpc) is 2.23. The molecule has 1 saturated carbocycles. The van der Waals surface area contributed by atoms with Crippen molar-refractivity contribution < 1.29 is 9.59 Å². The molecule has 0 aromatic heterocycles. The lowest BCUT2D eigenvalue weighted by Gasteiger charge is -2.33. The van der Waals surface area contributed by atoms with Crippen molar-refractivity contribution in [3.63, 3.8) is 0 Å². The summed E-state index contributed by atoms with van der Waals surface area (Å²) in [7, 11) is 0. The van der Waals surface area contributed by atoms with Crippen LogP contribution >= 0.6 is 12.6 Å². The molecule has 0 saturated heterocycles. The molecule has 1 N–H and O–H groups in total. The predicted octanol–water partition coefficient (Wildman–Crippen LogP) is 1.07. The molecule has 0 spiro atoms. The van der Waals surface area contributed by atoms with Crippen LogP contribution in [0.15, 0.2) is 0 Å². The molecule has 0 aromatic rings. The van der Waals surface area contributed by atoms with Crippen LogP contribution in [-0.2, 0) is 9.59 Å². The Balaban J connectivity index is 2.52. The van der Waals surface area contributed by atoms with Crippen molar-refractivity contribution in [1.29, 1.82) is 0 Å². The minimum atomic E-state index is -0.490. The van der Waals surface area contributed by atoms with Gasteiger partial charge in [-0.25, -0.2) is 0 Å². The Hall–Kier alpha value is -0.710. The van der Waals surface area contributed by atoms with Gasteiger partial charge in [-0.1, -0.05) is 6.42 Å². The van der Waals surface area contributed by atoms with E-state index in [9.17, 15) is 9.59 Å². The Morgan fingerprint density at radius 3 is 2.47 bits per heavy atom. The fraction of sp³-hybridized carbons (Fsp3) is 0.833. The highest BCUT2D eigenvalue weighted by molar-refractivity contribution is 7.80. The number of thiol groups is 1. The van der Waals surface area contributed by atoms with Gasteiger partial charge in [0, 0.05) is 25.8 Å². The number of likely N-dealkylation sites (N-methyl/N-ethyl adjacent to an activating group) is 1. The second kappa shape index (κ2) is 6.89. The lowest BCUT2D eigenvalue weighted by Crippen LogP contribution is -2.50. The van der Waals surface area contributed by atoms with E-state index in [0.717, 1.165) is 6.54 Å². The predicted molar refractivity (Wildman–Crippen MR) is 71.1 cm³/mol. The normalized spacial score (nSPS) is 17.1. The number of carbonyl (C=O) groups excluding carboxylic acids is 2. The molecule has 1 aliphatic carbocycles. The minimum absolute atomic E-state index is 0.00963. The molecule has 0 radical (unpaired) electrons. The Morgan fingerprint density at radius 2 is 2.12 bits per heavy atom. The van der Waals surface area contributed by atoms with Crippen LogP contribution in [0.3, 0.4) is 0 Å². The molecule has 0 heterocycles. The molecule has 0 aromatic carbocycles. The molecule has 0 bridgehead atoms. The van der Waals surface area contributed by atoms with Crippen LogP contribution in [0.5, 0.6) is 0 Å². The number of amides is 2. The largest absolute Gasteiger partial charge is 0.344 e. The van der Waals surface area contributed by atoms with Gasteiger partial charge in [-0.2, -0.15) is 12.6 Å². The van der Waals surface area contributed by atoms with Gasteiger partial charge >= 0.3 is 0 Å². The maximum absolute atomic E-state index is 12.2. The van der Waals surface area contributed by atoms with Crippen LogP contribution < -0.4 is 5.32 Å². The molecule has 4 nitrogen and oxygen atoms in total. The Bertz CT molecular complexity index is 280. The molecule has 1 fully saturated rings. The van der Waals surface area contributed by atoms with Crippen LogP contribution in [0.2, 0.25) is 0 Å². The van der Waals surface area contributed by atoms with Gasteiger partial charge in [0.05, 0.1) is 0 Å². The van der Waals surface area contributed by atoms with Gasteiger partial charge in [0.15, 0.2) is 0 Å². The van der Waals surface area contributed by atoms with Gasteiger partial charge in [-0.05, 0) is 25.7 Å². The molecule has 1 unspecified atom stereocenters. The SMILES string of the molecule is CCN(CC1CCC1)C(=O)C(CS)NC(C)=O. The summed E-state index contributed by atoms with van der Waals surface area (Å²) in [6.07, 6.45) is 3.71. The highest BCUT2D eigenvalue weighted by Crippen LogP contribution is 2.27. The van der Waals surface area contributed by atoms with E-state index in [0.29, 0.717) is 18.2 Å². The zero-order valence-electron chi connectivity index (χ0n) is 10.6. The average molecular weight is 258 g/mol. The van der Waals surface area contributed by atoms with E-state index in [1.54, 1.807) is 0 Å². The first-order valence-electron chi connectivity index (χ1n) is 6.25. The van der Waals surface area contributed by atoms with Crippen molar-refractivity contribution in [3.05, 3.63) is 0 Å². The molecule has 1 rings (SSSR count). The highest BCUT2D eigenvalue weighted by atomic mass is 32.1. The standard InChI is InChI=1S/C12H22N2O2S/c1-3-14(7-10-5-4-6-10)12(16)11(8-17)13-9(2)15/h10-11,17H,3-8H2,1-2H3,(H,13,15). The molecule has 5 heteroatoms. The van der Waals surface area contributed by atoms with E-state index in [-0.39, 0.29) is 11.8 Å². The molecule has 1 atom stereocenters. The van der Waals surface area contributed by atoms with Gasteiger partial charge in [0.25, 0.3) is 0 Å². The summed E-state index contributed by atoms with van der Waals surface area (Å²) < 4.78 is 0. The molecular weight excluding hydrogens is 236 g/mol. The number of carbonyl (C=O) groups is 2. The zero-order chi connectivity index (χ0) is 12.8. The van der Waals surface area contributed by atoms with Gasteiger partial charge in [0.1, 0.15) is 6.04 Å². The number of nitrogens with one attached hydrogen (secondary N) is 1. The van der Waals surface area contributed by atoms with E-state index < -0.39 is 6.04 Å². The third kappa shape index (κ3) is 4.22. The molecule has 17 heavy (non-hydrogen) atoms. The second-order valence-electron chi connectivity index (χ2n) is 4.61. The van der Waals surface area contributed by atoms with E-state index in [1.807, 2.05) is 11.8 Å². The lowest BCUT2D eigenvalue weighted by molar-refractivity contribution is -0.136. The van der Waals surface area contributed by atoms with Crippen molar-refractivity contribution in [2.24, 2.45) is 5.92 Å². The number of nitrogens with zero attached hydrogens (tertiary/aromatic N) is 1. The van der Waals surface area contributed by atoms with E-state index in [4.69, 9.17) is 0 Å². The minimum Gasteiger partial charge on any atom is -0.344 e. The molecule has 98 valence electrons. The lowest BCUT2D eigenvalue weighted by atomic mass is 9.85. The highest BCUT2D eigenvalue weighted by Gasteiger charge is 2.27. The van der Waals surface area contributed by atoms with Crippen LogP contribution in [-0.4, -0.2) is 41.6 Å². The van der Waals surface area contributed by atoms with Crippen molar-refractivity contribution >= 4 is 24.4 Å². The number of hydrogen-bond acceptors (Lipinski definition) is 3. The number of rotatable bonds is 6. The van der Waals surface area contributed by atoms with E-state index in [1.165, 1.54) is 26.2 Å². The Labute approximate surface area is 109 Å².